The van der Waals surface area contributed by atoms with Crippen LogP contribution in [-0.4, -0.2) is 23.2 Å². The largest absolute Gasteiger partial charge is 0 e. The second-order valence-corrected chi connectivity index (χ2v) is 27.7. The minimum absolute atomic E-state index is 0. The van der Waals surface area contributed by atoms with Gasteiger partial charge in [0.05, 0.1) is 5.58 Å². The minimum atomic E-state index is -2.19. The summed E-state index contributed by atoms with van der Waals surface area (Å²) in [6.07, 6.45) is 9.29. The van der Waals surface area contributed by atoms with E-state index >= 15 is 0 Å². The molecule has 0 N–H and O–H groups in total. The van der Waals surface area contributed by atoms with E-state index in [0.29, 0.717) is 11.1 Å². The molecule has 5 aromatic carbocycles. The molecule has 295 valence electrons. The monoisotopic (exact) mass is 1000 g/mol. The fraction of sp³-hybridized carbons (Fsp3) is 0.245. The van der Waals surface area contributed by atoms with Gasteiger partial charge < -0.3 is 9.40 Å². The van der Waals surface area contributed by atoms with Crippen molar-refractivity contribution < 1.29 is 28.6 Å². The average Bonchev–Trinajstić information content (AvgIpc) is 3.93. The Morgan fingerprint density at radius 2 is 1.47 bits per heavy atom. The smallest absolute Gasteiger partial charge is 0 e. The zero-order valence-electron chi connectivity index (χ0n) is 37.2. The van der Waals surface area contributed by atoms with Gasteiger partial charge >= 0.3 is 152 Å². The van der Waals surface area contributed by atoms with Gasteiger partial charge in [-0.05, 0) is 58.7 Å². The second-order valence-electron chi connectivity index (χ2n) is 17.1. The maximum Gasteiger partial charge on any atom is 0 e. The molecule has 1 radical (unpaired) electrons. The van der Waals surface area contributed by atoms with Crippen molar-refractivity contribution >= 4 is 39.6 Å². The summed E-state index contributed by atoms with van der Waals surface area (Å²) in [6, 6.07) is 47.2. The molecular formula is C53H52GeIrN2O-2. The van der Waals surface area contributed by atoms with Crippen LogP contribution in [0.15, 0.2) is 138 Å². The summed E-state index contributed by atoms with van der Waals surface area (Å²) in [5.74, 6) is 7.80. The summed E-state index contributed by atoms with van der Waals surface area (Å²) >= 11 is -1.96. The zero-order valence-corrected chi connectivity index (χ0v) is 38.7. The molecule has 1 aliphatic rings. The van der Waals surface area contributed by atoms with Crippen LogP contribution in [0.25, 0.3) is 66.7 Å². The number of pyridine rings is 2. The molecule has 5 heteroatoms. The summed E-state index contributed by atoms with van der Waals surface area (Å²) in [5.41, 5.74) is 12.3. The molecule has 0 saturated heterocycles. The van der Waals surface area contributed by atoms with Crippen LogP contribution >= 0.6 is 0 Å². The first-order chi connectivity index (χ1) is 28.7. The molecule has 0 unspecified atom stereocenters. The number of hydrogen-bond acceptors (Lipinski definition) is 3. The Bertz CT molecular complexity index is 2790. The van der Waals surface area contributed by atoms with Crippen LogP contribution in [-0.2, 0) is 25.5 Å². The van der Waals surface area contributed by atoms with Gasteiger partial charge in [0.15, 0.2) is 0 Å². The first-order valence-corrected chi connectivity index (χ1v) is 27.5. The topological polar surface area (TPSA) is 38.9 Å². The van der Waals surface area contributed by atoms with Crippen molar-refractivity contribution in [2.45, 2.75) is 76.0 Å². The van der Waals surface area contributed by atoms with Gasteiger partial charge in [-0.1, -0.05) is 86.2 Å². The quantitative estimate of drug-likeness (QED) is 0.118. The Kier molecular flexibility index (Phi) is 11.2. The van der Waals surface area contributed by atoms with Gasteiger partial charge in [0.2, 0.25) is 0 Å². The van der Waals surface area contributed by atoms with Crippen molar-refractivity contribution in [2.75, 3.05) is 0 Å². The van der Waals surface area contributed by atoms with Gasteiger partial charge in [0.25, 0.3) is 0 Å². The average molecular weight is 1000 g/mol. The van der Waals surface area contributed by atoms with E-state index in [1.54, 1.807) is 6.07 Å². The number of fused-ring (bicyclic) bond motifs is 3. The van der Waals surface area contributed by atoms with Gasteiger partial charge in [0, 0.05) is 31.7 Å². The van der Waals surface area contributed by atoms with Crippen LogP contribution in [0.3, 0.4) is 0 Å². The van der Waals surface area contributed by atoms with Crippen molar-refractivity contribution in [2.24, 2.45) is 5.92 Å². The fourth-order valence-corrected chi connectivity index (χ4v) is 12.2. The van der Waals surface area contributed by atoms with Crippen molar-refractivity contribution in [3.63, 3.8) is 0 Å². The minimum Gasteiger partial charge on any atom is 0 e. The molecule has 3 heterocycles. The van der Waals surface area contributed by atoms with Gasteiger partial charge in [-0.25, -0.2) is 0 Å². The van der Waals surface area contributed by atoms with E-state index in [9.17, 15) is 0 Å². The maximum absolute atomic E-state index is 7.87. The fourth-order valence-electron chi connectivity index (χ4n) is 8.58. The van der Waals surface area contributed by atoms with Crippen molar-refractivity contribution in [1.29, 1.82) is 0 Å². The summed E-state index contributed by atoms with van der Waals surface area (Å²) < 4.78 is 31.5. The van der Waals surface area contributed by atoms with Crippen molar-refractivity contribution in [1.82, 2.24) is 9.97 Å². The molecule has 0 atom stereocenters. The van der Waals surface area contributed by atoms with Crippen molar-refractivity contribution in [3.8, 4) is 44.8 Å². The van der Waals surface area contributed by atoms with Gasteiger partial charge in [0.1, 0.15) is 5.58 Å². The Labute approximate surface area is 365 Å². The van der Waals surface area contributed by atoms with E-state index in [1.165, 1.54) is 46.8 Å². The Balaban J connectivity index is 0.000000185. The molecule has 8 aromatic rings. The molecule has 58 heavy (non-hydrogen) atoms. The Hall–Kier alpha value is -4.61. The molecule has 9 rings (SSSR count). The molecule has 0 amide bonds. The van der Waals surface area contributed by atoms with Gasteiger partial charge in [-0.2, -0.15) is 0 Å². The first-order valence-electron chi connectivity index (χ1n) is 21.7. The molecule has 0 spiro atoms. The van der Waals surface area contributed by atoms with Gasteiger partial charge in [-0.15, -0.1) is 18.2 Å². The molecule has 0 bridgehead atoms. The molecule has 3 aromatic heterocycles. The molecule has 3 nitrogen and oxygen atoms in total. The summed E-state index contributed by atoms with van der Waals surface area (Å²) in [6.45, 7) is 4.72. The van der Waals surface area contributed by atoms with E-state index in [2.05, 4.69) is 122 Å². The predicted molar refractivity (Wildman–Crippen MR) is 243 cm³/mol. The number of furan rings is 1. The second kappa shape index (κ2) is 17.3. The number of nitrogens with zero attached hydrogens (tertiary/aromatic N) is 2. The van der Waals surface area contributed by atoms with E-state index < -0.39 is 20.1 Å². The number of aromatic nitrogens is 2. The van der Waals surface area contributed by atoms with E-state index in [4.69, 9.17) is 13.5 Å². The maximum atomic E-state index is 7.87. The van der Waals surface area contributed by atoms with Crippen LogP contribution in [0.4, 0.5) is 0 Å². The number of hydrogen-bond donors (Lipinski definition) is 0. The summed E-state index contributed by atoms with van der Waals surface area (Å²) in [4.78, 5) is 9.42. The molecular weight excluding hydrogens is 945 g/mol. The Morgan fingerprint density at radius 3 is 2.16 bits per heavy atom. The molecule has 1 fully saturated rings. The summed E-state index contributed by atoms with van der Waals surface area (Å²) in [5, 5.41) is 2.24. The third kappa shape index (κ3) is 8.57. The van der Waals surface area contributed by atoms with E-state index in [1.807, 2.05) is 60.9 Å². The van der Waals surface area contributed by atoms with Crippen LogP contribution < -0.4 is 4.40 Å². The van der Waals surface area contributed by atoms with Crippen molar-refractivity contribution in [3.05, 3.63) is 163 Å². The van der Waals surface area contributed by atoms with Crippen LogP contribution in [0, 0.1) is 31.8 Å². The van der Waals surface area contributed by atoms with E-state index in [-0.39, 0.29) is 25.5 Å². The molecule has 1 aliphatic carbocycles. The van der Waals surface area contributed by atoms with Gasteiger partial charge in [-0.3, -0.25) is 0 Å². The third-order valence-electron chi connectivity index (χ3n) is 11.9. The molecule has 0 aliphatic heterocycles. The number of benzene rings is 5. The number of aryl methyl sites for hydroxylation is 2. The van der Waals surface area contributed by atoms with Crippen LogP contribution in [0.1, 0.15) is 60.3 Å². The van der Waals surface area contributed by atoms with Crippen LogP contribution in [0.2, 0.25) is 17.3 Å². The summed E-state index contributed by atoms with van der Waals surface area (Å²) in [7, 11) is 0. The Morgan fingerprint density at radius 1 is 0.741 bits per heavy atom. The van der Waals surface area contributed by atoms with E-state index in [0.717, 1.165) is 61.5 Å². The molecule has 1 saturated carbocycles. The van der Waals surface area contributed by atoms with Crippen LogP contribution in [0.5, 0.6) is 0 Å². The predicted octanol–water partition coefficient (Wildman–Crippen LogP) is 14.0. The number of rotatable bonds is 7. The standard InChI is InChI=1S/C31H28NO.C22H24GeN.Ir/c1-31(2,23-11-6-7-12-23)24-17-18-32-28(20-24)27-14-8-13-26-25-16-15-22(19-29(25)33-30(26)27)21-9-4-3-5-10-21;1-16-11-12-19(14-20(16)18-9-7-6-8-10-18)22-13-17(2)21(15-24-22)23(3,4)5;/h3-5,8-10,13,15-20,23H,6-7,11-12H2,1-2H3;6-11,13-15H,1-5H3;/q2*-1;/i;1D3;. The third-order valence-corrected chi connectivity index (χ3v) is 16.4. The first kappa shape index (κ1) is 37.6. The SMILES string of the molecule is CC(C)(c1ccnc(-c2[c-]ccc3c2oc2cc(-c4ccccc4)ccc23)c1)C1CCCC1.[2H]C([2H])([2H])c1c[c-]c(-c2cc(C)[c]([Ge]([CH3])([CH3])[CH3])cn2)cc1-c1ccccc1.[Ir]. The normalized spacial score (nSPS) is 14.3. The zero-order chi connectivity index (χ0) is 42.2.